The van der Waals surface area contributed by atoms with Crippen molar-refractivity contribution in [2.75, 3.05) is 14.2 Å². The second-order valence-corrected chi connectivity index (χ2v) is 15.3. The van der Waals surface area contributed by atoms with Crippen LogP contribution >= 0.6 is 0 Å². The molecule has 202 valence electrons. The highest BCUT2D eigenvalue weighted by molar-refractivity contribution is 5.99. The third-order valence-corrected chi connectivity index (χ3v) is 13.6. The Morgan fingerprint density at radius 1 is 0.861 bits per heavy atom. The van der Waals surface area contributed by atoms with E-state index in [2.05, 4.69) is 48.5 Å². The summed E-state index contributed by atoms with van der Waals surface area (Å²) in [6.07, 6.45) is 12.1. The molecule has 0 heterocycles. The van der Waals surface area contributed by atoms with Crippen LogP contribution in [0, 0.1) is 56.2 Å². The summed E-state index contributed by atoms with van der Waals surface area (Å²) in [5.41, 5.74) is 0.178. The summed E-state index contributed by atoms with van der Waals surface area (Å²) in [5, 5.41) is 0. The molecule has 4 heteroatoms. The van der Waals surface area contributed by atoms with E-state index in [-0.39, 0.29) is 39.8 Å². The quantitative estimate of drug-likeness (QED) is 0.373. The lowest BCUT2D eigenvalue weighted by molar-refractivity contribution is -0.253. The predicted octanol–water partition coefficient (Wildman–Crippen LogP) is 7.36. The Balaban J connectivity index is 1.62. The van der Waals surface area contributed by atoms with Crippen LogP contribution in [-0.2, 0) is 19.1 Å². The van der Waals surface area contributed by atoms with Crippen molar-refractivity contribution < 1.29 is 19.1 Å². The van der Waals surface area contributed by atoms with Crippen LogP contribution in [-0.4, -0.2) is 26.0 Å². The van der Waals surface area contributed by atoms with Gasteiger partial charge in [0.15, 0.2) is 5.78 Å². The second kappa shape index (κ2) is 7.85. The first-order valence-corrected chi connectivity index (χ1v) is 14.5. The number of ketones is 1. The van der Waals surface area contributed by atoms with E-state index in [1.807, 2.05) is 0 Å². The third-order valence-electron chi connectivity index (χ3n) is 13.6. The highest BCUT2D eigenvalue weighted by Gasteiger charge is 2.74. The molecule has 4 fully saturated rings. The maximum absolute atomic E-state index is 14.0. The number of allylic oxidation sites excluding steroid dienone is 2. The minimum Gasteiger partial charge on any atom is -0.501 e. The molecule has 9 atom stereocenters. The number of fused-ring (bicyclic) bond motifs is 7. The smallest absolute Gasteiger partial charge is 0.313 e. The van der Waals surface area contributed by atoms with Crippen molar-refractivity contribution in [1.29, 1.82) is 0 Å². The van der Waals surface area contributed by atoms with E-state index in [1.54, 1.807) is 13.2 Å². The molecule has 0 radical (unpaired) electrons. The molecular weight excluding hydrogens is 448 g/mol. The van der Waals surface area contributed by atoms with Crippen LogP contribution in [0.5, 0.6) is 0 Å². The number of ether oxygens (including phenoxy) is 2. The van der Waals surface area contributed by atoms with E-state index in [1.165, 1.54) is 39.2 Å². The van der Waals surface area contributed by atoms with Gasteiger partial charge in [-0.25, -0.2) is 0 Å². The van der Waals surface area contributed by atoms with Gasteiger partial charge in [0.1, 0.15) is 5.76 Å². The molecule has 4 nitrogen and oxygen atoms in total. The molecule has 0 aliphatic heterocycles. The lowest BCUT2D eigenvalue weighted by Gasteiger charge is -2.74. The summed E-state index contributed by atoms with van der Waals surface area (Å²) in [6, 6.07) is 0. The van der Waals surface area contributed by atoms with Crippen LogP contribution in [0.25, 0.3) is 0 Å². The van der Waals surface area contributed by atoms with Gasteiger partial charge in [0.05, 0.1) is 19.6 Å². The summed E-state index contributed by atoms with van der Waals surface area (Å²) in [5.74, 6) is 1.12. The molecule has 5 rings (SSSR count). The molecular formula is C32H50O4. The Kier molecular flexibility index (Phi) is 5.74. The second-order valence-electron chi connectivity index (χ2n) is 15.3. The lowest BCUT2D eigenvalue weighted by Crippen LogP contribution is -2.69. The molecule has 0 amide bonds. The molecule has 0 spiro atoms. The molecule has 4 saturated carbocycles. The largest absolute Gasteiger partial charge is 0.501 e. The first-order chi connectivity index (χ1) is 16.7. The number of hydrogen-bond donors (Lipinski definition) is 0. The Morgan fingerprint density at radius 3 is 2.11 bits per heavy atom. The highest BCUT2D eigenvalue weighted by Crippen LogP contribution is 2.78. The van der Waals surface area contributed by atoms with Crippen LogP contribution in [0.2, 0.25) is 0 Å². The van der Waals surface area contributed by atoms with Gasteiger partial charge in [0.25, 0.3) is 0 Å². The molecule has 0 saturated heterocycles. The number of hydrogen-bond acceptors (Lipinski definition) is 4. The third kappa shape index (κ3) is 3.05. The van der Waals surface area contributed by atoms with E-state index in [0.717, 1.165) is 19.3 Å². The molecule has 5 aliphatic rings. The van der Waals surface area contributed by atoms with Gasteiger partial charge in [-0.2, -0.15) is 0 Å². The van der Waals surface area contributed by atoms with Crippen molar-refractivity contribution in [1.82, 2.24) is 0 Å². The minimum atomic E-state index is -0.836. The average molecular weight is 499 g/mol. The fourth-order valence-electron chi connectivity index (χ4n) is 11.3. The standard InChI is InChI=1S/C32H50O4/c1-20-22(35-8)18-21(33)25-29(5)15-17-31(7)24-19-27(2,3)12-13-28(24,4)14-16-30(31,6)23(29)10-11-32(20,25)26(34)36-9/h18,20,23-25H,10-17,19H2,1-9H3/t20-,23-,24+,25-,28+,29+,30+,31-,32-/m0/s1. The first-order valence-electron chi connectivity index (χ1n) is 14.5. The maximum atomic E-state index is 14.0. The van der Waals surface area contributed by atoms with Crippen LogP contribution in [0.15, 0.2) is 11.8 Å². The van der Waals surface area contributed by atoms with Gasteiger partial charge in [0.2, 0.25) is 0 Å². The molecule has 0 aromatic carbocycles. The van der Waals surface area contributed by atoms with E-state index in [4.69, 9.17) is 9.47 Å². The zero-order valence-corrected chi connectivity index (χ0v) is 24.4. The minimum absolute atomic E-state index is 0.0780. The van der Waals surface area contributed by atoms with Crippen LogP contribution in [0.3, 0.4) is 0 Å². The Morgan fingerprint density at radius 2 is 1.47 bits per heavy atom. The molecule has 5 aliphatic carbocycles. The molecule has 36 heavy (non-hydrogen) atoms. The van der Waals surface area contributed by atoms with Crippen molar-refractivity contribution >= 4 is 11.8 Å². The van der Waals surface area contributed by atoms with Crippen molar-refractivity contribution in [3.05, 3.63) is 11.8 Å². The van der Waals surface area contributed by atoms with Crippen LogP contribution in [0.4, 0.5) is 0 Å². The van der Waals surface area contributed by atoms with Gasteiger partial charge in [-0.1, -0.05) is 48.5 Å². The normalized spacial score (nSPS) is 51.6. The van der Waals surface area contributed by atoms with Crippen molar-refractivity contribution in [3.63, 3.8) is 0 Å². The molecule has 0 bridgehead atoms. The predicted molar refractivity (Wildman–Crippen MR) is 142 cm³/mol. The summed E-state index contributed by atoms with van der Waals surface area (Å²) in [4.78, 5) is 27.6. The van der Waals surface area contributed by atoms with E-state index in [0.29, 0.717) is 34.8 Å². The van der Waals surface area contributed by atoms with Gasteiger partial charge in [-0.3, -0.25) is 9.59 Å². The Labute approximate surface area is 219 Å². The zero-order chi connectivity index (χ0) is 26.5. The van der Waals surface area contributed by atoms with E-state index in [9.17, 15) is 9.59 Å². The van der Waals surface area contributed by atoms with Crippen LogP contribution < -0.4 is 0 Å². The molecule has 0 unspecified atom stereocenters. The fourth-order valence-corrected chi connectivity index (χ4v) is 11.3. The molecule has 0 N–H and O–H groups in total. The molecule has 0 aromatic rings. The first kappa shape index (κ1) is 26.3. The number of rotatable bonds is 2. The Hall–Kier alpha value is -1.32. The van der Waals surface area contributed by atoms with Crippen molar-refractivity contribution in [3.8, 4) is 0 Å². The maximum Gasteiger partial charge on any atom is 0.313 e. The highest BCUT2D eigenvalue weighted by atomic mass is 16.5. The van der Waals surface area contributed by atoms with Gasteiger partial charge < -0.3 is 9.47 Å². The average Bonchev–Trinajstić information content (AvgIpc) is 2.83. The fraction of sp³-hybridized carbons (Fsp3) is 0.875. The number of carbonyl (C=O) groups is 2. The lowest BCUT2D eigenvalue weighted by atomic mass is 9.30. The van der Waals surface area contributed by atoms with Gasteiger partial charge in [-0.05, 0) is 96.7 Å². The summed E-state index contributed by atoms with van der Waals surface area (Å²) >= 11 is 0. The number of methoxy groups -OCH3 is 2. The Bertz CT molecular complexity index is 996. The SMILES string of the molecule is COC(=O)[C@]12CC[C@H]3[C@@](C)(CC[C@@]4(C)[C@@H]5CC(C)(C)CC[C@]5(C)CC[C@]34C)[C@@H]1C(=O)C=C(OC)[C@@H]2C. The van der Waals surface area contributed by atoms with Gasteiger partial charge in [-0.15, -0.1) is 0 Å². The molecule has 0 aromatic heterocycles. The van der Waals surface area contributed by atoms with E-state index < -0.39 is 5.41 Å². The van der Waals surface area contributed by atoms with Crippen molar-refractivity contribution in [2.24, 2.45) is 56.2 Å². The zero-order valence-electron chi connectivity index (χ0n) is 24.4. The van der Waals surface area contributed by atoms with Gasteiger partial charge in [0, 0.05) is 17.9 Å². The summed E-state index contributed by atoms with van der Waals surface area (Å²) < 4.78 is 11.1. The summed E-state index contributed by atoms with van der Waals surface area (Å²) in [7, 11) is 3.10. The van der Waals surface area contributed by atoms with Crippen LogP contribution in [0.1, 0.15) is 106 Å². The topological polar surface area (TPSA) is 52.6 Å². The monoisotopic (exact) mass is 498 g/mol. The summed E-state index contributed by atoms with van der Waals surface area (Å²) in [6.45, 7) is 17.2. The number of esters is 1. The van der Waals surface area contributed by atoms with Gasteiger partial charge >= 0.3 is 5.97 Å². The van der Waals surface area contributed by atoms with Crippen molar-refractivity contribution in [2.45, 2.75) is 106 Å². The number of carbonyl (C=O) groups excluding carboxylic acids is 2. The van der Waals surface area contributed by atoms with E-state index >= 15 is 0 Å².